The minimum Gasteiger partial charge on any atom is -0.379 e. The highest BCUT2D eigenvalue weighted by atomic mass is 32.1. The number of hydrogen-bond donors (Lipinski definition) is 0. The summed E-state index contributed by atoms with van der Waals surface area (Å²) in [5.74, 6) is 0.514. The Balaban J connectivity index is 1.37. The molecule has 0 radical (unpaired) electrons. The third kappa shape index (κ3) is 2.97. The molecule has 0 atom stereocenters. The van der Waals surface area contributed by atoms with Gasteiger partial charge in [0.1, 0.15) is 0 Å². The molecule has 1 aromatic heterocycles. The van der Waals surface area contributed by atoms with Crippen LogP contribution in [-0.4, -0.2) is 57.6 Å². The van der Waals surface area contributed by atoms with Crippen molar-refractivity contribution in [1.29, 1.82) is 0 Å². The number of hydrogen-bond acceptors (Lipinski definition) is 5. The zero-order valence-corrected chi connectivity index (χ0v) is 13.9. The Bertz CT molecular complexity index is 488. The topological polar surface area (TPSA) is 30.9 Å². The smallest absolute Gasteiger partial charge is 0.0966 e. The van der Waals surface area contributed by atoms with Crippen LogP contribution in [0.4, 0.5) is 0 Å². The van der Waals surface area contributed by atoms with E-state index in [-0.39, 0.29) is 5.60 Å². The second-order valence-electron chi connectivity index (χ2n) is 6.67. The van der Waals surface area contributed by atoms with Crippen LogP contribution in [0.3, 0.4) is 0 Å². The molecule has 22 heavy (non-hydrogen) atoms. The summed E-state index contributed by atoms with van der Waals surface area (Å²) in [7, 11) is 0. The number of ether oxygens (including phenoxy) is 3. The fraction of sp³-hybridized carbons (Fsp3) is 0.765. The van der Waals surface area contributed by atoms with Crippen molar-refractivity contribution in [2.75, 3.05) is 52.7 Å². The van der Waals surface area contributed by atoms with Crippen LogP contribution in [0.2, 0.25) is 0 Å². The van der Waals surface area contributed by atoms with Crippen molar-refractivity contribution in [2.45, 2.75) is 24.9 Å². The van der Waals surface area contributed by atoms with Crippen molar-refractivity contribution >= 4 is 11.3 Å². The van der Waals surface area contributed by atoms with Crippen LogP contribution in [0, 0.1) is 5.92 Å². The summed E-state index contributed by atoms with van der Waals surface area (Å²) in [5.41, 5.74) is 1.48. The van der Waals surface area contributed by atoms with Gasteiger partial charge in [-0.25, -0.2) is 0 Å². The lowest BCUT2D eigenvalue weighted by Gasteiger charge is -2.44. The van der Waals surface area contributed by atoms with Crippen LogP contribution < -0.4 is 0 Å². The van der Waals surface area contributed by atoms with Gasteiger partial charge in [0, 0.05) is 36.9 Å². The van der Waals surface area contributed by atoms with Crippen LogP contribution in [0.5, 0.6) is 0 Å². The summed E-state index contributed by atoms with van der Waals surface area (Å²) in [6.45, 7) is 7.38. The predicted molar refractivity (Wildman–Crippen MR) is 86.5 cm³/mol. The fourth-order valence-corrected chi connectivity index (χ4v) is 4.95. The predicted octanol–water partition coefficient (Wildman–Crippen LogP) is 2.27. The summed E-state index contributed by atoms with van der Waals surface area (Å²) < 4.78 is 17.5. The van der Waals surface area contributed by atoms with E-state index in [1.807, 2.05) is 11.3 Å². The van der Waals surface area contributed by atoms with Crippen molar-refractivity contribution in [3.63, 3.8) is 0 Å². The highest BCUT2D eigenvalue weighted by Gasteiger charge is 2.41. The number of piperidine rings is 1. The molecule has 0 unspecified atom stereocenters. The molecule has 0 bridgehead atoms. The first-order valence-corrected chi connectivity index (χ1v) is 9.32. The summed E-state index contributed by atoms with van der Waals surface area (Å²) >= 11 is 1.90. The maximum atomic E-state index is 6.28. The average molecular weight is 323 g/mol. The van der Waals surface area contributed by atoms with Crippen molar-refractivity contribution in [1.82, 2.24) is 4.90 Å². The van der Waals surface area contributed by atoms with Crippen LogP contribution >= 0.6 is 11.3 Å². The van der Waals surface area contributed by atoms with E-state index in [1.54, 1.807) is 4.88 Å². The molecule has 0 saturated carbocycles. The van der Waals surface area contributed by atoms with Crippen molar-refractivity contribution in [3.05, 3.63) is 21.9 Å². The molecule has 0 amide bonds. The van der Waals surface area contributed by atoms with E-state index in [0.29, 0.717) is 5.92 Å². The number of likely N-dealkylation sites (tertiary alicyclic amines) is 1. The van der Waals surface area contributed by atoms with Gasteiger partial charge >= 0.3 is 0 Å². The van der Waals surface area contributed by atoms with Gasteiger partial charge in [0.15, 0.2) is 0 Å². The van der Waals surface area contributed by atoms with Gasteiger partial charge in [0.25, 0.3) is 0 Å². The van der Waals surface area contributed by atoms with E-state index >= 15 is 0 Å². The zero-order chi connectivity index (χ0) is 14.8. The largest absolute Gasteiger partial charge is 0.379 e. The molecule has 0 aromatic carbocycles. The molecule has 1 spiro atoms. The molecular weight excluding hydrogens is 298 g/mol. The standard InChI is InChI=1S/C17H25NO3S/c1-7-21-17(15-2-10-22-16(1)15)3-5-18(6-4-17)11-14-12-19-8-9-20-13-14/h2,10,14H,1,3-9,11-13H2. The van der Waals surface area contributed by atoms with Crippen LogP contribution in [0.1, 0.15) is 23.3 Å². The Labute approximate surface area is 136 Å². The van der Waals surface area contributed by atoms with E-state index in [9.17, 15) is 0 Å². The molecule has 3 aliphatic heterocycles. The minimum absolute atomic E-state index is 0.000533. The van der Waals surface area contributed by atoms with E-state index in [1.165, 1.54) is 5.56 Å². The van der Waals surface area contributed by atoms with Gasteiger partial charge < -0.3 is 19.1 Å². The second-order valence-corrected chi connectivity index (χ2v) is 7.67. The quantitative estimate of drug-likeness (QED) is 0.835. The Hall–Kier alpha value is -0.460. The van der Waals surface area contributed by atoms with Crippen molar-refractivity contribution in [3.8, 4) is 0 Å². The Morgan fingerprint density at radius 2 is 1.91 bits per heavy atom. The molecule has 122 valence electrons. The first-order valence-electron chi connectivity index (χ1n) is 8.44. The van der Waals surface area contributed by atoms with Gasteiger partial charge in [-0.15, -0.1) is 11.3 Å². The monoisotopic (exact) mass is 323 g/mol. The number of nitrogens with zero attached hydrogens (tertiary/aromatic N) is 1. The lowest BCUT2D eigenvalue weighted by atomic mass is 9.82. The minimum atomic E-state index is 0.000533. The Morgan fingerprint density at radius 3 is 2.68 bits per heavy atom. The van der Waals surface area contributed by atoms with Crippen LogP contribution in [0.15, 0.2) is 11.4 Å². The average Bonchev–Trinajstić information content (AvgIpc) is 2.89. The lowest BCUT2D eigenvalue weighted by molar-refractivity contribution is -0.0994. The molecular formula is C17H25NO3S. The molecule has 0 aliphatic carbocycles. The highest BCUT2D eigenvalue weighted by Crippen LogP contribution is 2.43. The summed E-state index contributed by atoms with van der Waals surface area (Å²) in [6, 6.07) is 2.29. The molecule has 5 heteroatoms. The number of fused-ring (bicyclic) bond motifs is 2. The first kappa shape index (κ1) is 15.1. The van der Waals surface area contributed by atoms with Crippen LogP contribution in [0.25, 0.3) is 0 Å². The van der Waals surface area contributed by atoms with E-state index < -0.39 is 0 Å². The third-order valence-corrected chi connectivity index (χ3v) is 6.18. The molecule has 3 aliphatic rings. The number of thiophene rings is 1. The van der Waals surface area contributed by atoms with E-state index in [4.69, 9.17) is 14.2 Å². The molecule has 4 heterocycles. The molecule has 2 fully saturated rings. The van der Waals surface area contributed by atoms with E-state index in [0.717, 1.165) is 71.9 Å². The van der Waals surface area contributed by atoms with Gasteiger partial charge in [-0.1, -0.05) is 0 Å². The summed E-state index contributed by atoms with van der Waals surface area (Å²) in [5, 5.41) is 2.23. The fourth-order valence-electron chi connectivity index (χ4n) is 4.00. The Morgan fingerprint density at radius 1 is 1.14 bits per heavy atom. The van der Waals surface area contributed by atoms with Crippen molar-refractivity contribution in [2.24, 2.45) is 5.92 Å². The van der Waals surface area contributed by atoms with Gasteiger partial charge in [-0.05, 0) is 29.9 Å². The second kappa shape index (κ2) is 6.57. The maximum absolute atomic E-state index is 6.28. The van der Waals surface area contributed by atoms with Gasteiger partial charge in [0.05, 0.1) is 38.6 Å². The summed E-state index contributed by atoms with van der Waals surface area (Å²) in [4.78, 5) is 4.11. The molecule has 2 saturated heterocycles. The number of rotatable bonds is 2. The Kier molecular flexibility index (Phi) is 4.51. The van der Waals surface area contributed by atoms with Crippen LogP contribution in [-0.2, 0) is 26.2 Å². The van der Waals surface area contributed by atoms with Gasteiger partial charge in [-0.3, -0.25) is 0 Å². The highest BCUT2D eigenvalue weighted by molar-refractivity contribution is 7.10. The first-order chi connectivity index (χ1) is 10.9. The lowest BCUT2D eigenvalue weighted by Crippen LogP contribution is -2.47. The SMILES string of the molecule is c1cc2c(s1)CCOC21CCN(CC2COCCOC2)CC1. The molecule has 0 N–H and O–H groups in total. The maximum Gasteiger partial charge on any atom is 0.0966 e. The molecule has 4 nitrogen and oxygen atoms in total. The van der Waals surface area contributed by atoms with Gasteiger partial charge in [0.2, 0.25) is 0 Å². The third-order valence-electron chi connectivity index (χ3n) is 5.20. The normalized spacial score (nSPS) is 26.7. The zero-order valence-electron chi connectivity index (χ0n) is 13.1. The molecule has 4 rings (SSSR count). The van der Waals surface area contributed by atoms with Crippen molar-refractivity contribution < 1.29 is 14.2 Å². The van der Waals surface area contributed by atoms with E-state index in [2.05, 4.69) is 16.3 Å². The summed E-state index contributed by atoms with van der Waals surface area (Å²) in [6.07, 6.45) is 3.32. The molecule has 1 aromatic rings. The van der Waals surface area contributed by atoms with Gasteiger partial charge in [-0.2, -0.15) is 0 Å².